The predicted octanol–water partition coefficient (Wildman–Crippen LogP) is 2.65. The van der Waals surface area contributed by atoms with Gasteiger partial charge < -0.3 is 5.73 Å². The van der Waals surface area contributed by atoms with Crippen molar-refractivity contribution in [3.8, 4) is 11.3 Å². The van der Waals surface area contributed by atoms with Crippen molar-refractivity contribution < 1.29 is 0 Å². The van der Waals surface area contributed by atoms with Crippen molar-refractivity contribution in [3.05, 3.63) is 41.2 Å². The highest BCUT2D eigenvalue weighted by molar-refractivity contribution is 5.67. The van der Waals surface area contributed by atoms with Crippen LogP contribution in [-0.4, -0.2) is 9.97 Å². The van der Waals surface area contributed by atoms with E-state index in [1.54, 1.807) is 6.07 Å². The third-order valence-corrected chi connectivity index (χ3v) is 3.02. The number of nitrogens with two attached hydrogens (primary N) is 1. The molecule has 0 spiro atoms. The molecule has 0 bridgehead atoms. The summed E-state index contributed by atoms with van der Waals surface area (Å²) in [6.45, 7) is 6.34. The summed E-state index contributed by atoms with van der Waals surface area (Å²) in [5.41, 5.74) is 11.5. The van der Waals surface area contributed by atoms with E-state index < -0.39 is 0 Å². The SMILES string of the molecule is Cc1ccc(-c2cc(N)ncn2)c(C)c1C. The second-order valence-electron chi connectivity index (χ2n) is 4.01. The summed E-state index contributed by atoms with van der Waals surface area (Å²) in [5.74, 6) is 0.502. The maximum Gasteiger partial charge on any atom is 0.127 e. The molecular weight excluding hydrogens is 198 g/mol. The lowest BCUT2D eigenvalue weighted by atomic mass is 9.97. The van der Waals surface area contributed by atoms with Crippen LogP contribution >= 0.6 is 0 Å². The van der Waals surface area contributed by atoms with Gasteiger partial charge in [-0.2, -0.15) is 0 Å². The Hall–Kier alpha value is -1.90. The monoisotopic (exact) mass is 213 g/mol. The van der Waals surface area contributed by atoms with Gasteiger partial charge in [-0.1, -0.05) is 12.1 Å². The second kappa shape index (κ2) is 3.93. The van der Waals surface area contributed by atoms with Crippen LogP contribution in [0.3, 0.4) is 0 Å². The Morgan fingerprint density at radius 1 is 1.00 bits per heavy atom. The van der Waals surface area contributed by atoms with Gasteiger partial charge in [0.15, 0.2) is 0 Å². The molecule has 0 aliphatic carbocycles. The van der Waals surface area contributed by atoms with Crippen molar-refractivity contribution in [2.45, 2.75) is 20.8 Å². The molecule has 0 amide bonds. The standard InChI is InChI=1S/C13H15N3/c1-8-4-5-11(10(3)9(8)2)12-6-13(14)16-7-15-12/h4-7H,1-3H3,(H2,14,15,16). The first-order chi connectivity index (χ1) is 7.59. The van der Waals surface area contributed by atoms with E-state index in [0.717, 1.165) is 11.3 Å². The fourth-order valence-corrected chi connectivity index (χ4v) is 1.75. The number of aryl methyl sites for hydroxylation is 1. The summed E-state index contributed by atoms with van der Waals surface area (Å²) < 4.78 is 0. The molecular formula is C13H15N3. The lowest BCUT2D eigenvalue weighted by molar-refractivity contribution is 1.17. The average Bonchev–Trinajstić information content (AvgIpc) is 2.26. The maximum atomic E-state index is 5.66. The zero-order chi connectivity index (χ0) is 11.7. The molecule has 1 aromatic heterocycles. The number of rotatable bonds is 1. The molecule has 0 unspecified atom stereocenters. The van der Waals surface area contributed by atoms with Gasteiger partial charge in [-0.3, -0.25) is 0 Å². The number of hydrogen-bond donors (Lipinski definition) is 1. The van der Waals surface area contributed by atoms with Gasteiger partial charge in [-0.05, 0) is 37.5 Å². The molecule has 2 N–H and O–H groups in total. The Morgan fingerprint density at radius 2 is 1.75 bits per heavy atom. The molecule has 3 heteroatoms. The van der Waals surface area contributed by atoms with E-state index >= 15 is 0 Å². The van der Waals surface area contributed by atoms with E-state index in [1.807, 2.05) is 0 Å². The summed E-state index contributed by atoms with van der Waals surface area (Å²) in [7, 11) is 0. The molecule has 16 heavy (non-hydrogen) atoms. The summed E-state index contributed by atoms with van der Waals surface area (Å²) in [4.78, 5) is 8.15. The van der Waals surface area contributed by atoms with Crippen LogP contribution < -0.4 is 5.73 Å². The molecule has 82 valence electrons. The summed E-state index contributed by atoms with van der Waals surface area (Å²) in [5, 5.41) is 0. The summed E-state index contributed by atoms with van der Waals surface area (Å²) >= 11 is 0. The summed E-state index contributed by atoms with van der Waals surface area (Å²) in [6.07, 6.45) is 1.50. The molecule has 0 fully saturated rings. The Bertz CT molecular complexity index is 533. The lowest BCUT2D eigenvalue weighted by Crippen LogP contribution is -1.96. The van der Waals surface area contributed by atoms with Crippen LogP contribution in [0.25, 0.3) is 11.3 Å². The smallest absolute Gasteiger partial charge is 0.127 e. The number of aromatic nitrogens is 2. The van der Waals surface area contributed by atoms with E-state index in [2.05, 4.69) is 42.9 Å². The fraction of sp³-hybridized carbons (Fsp3) is 0.231. The number of benzene rings is 1. The number of nitrogen functional groups attached to an aromatic ring is 1. The average molecular weight is 213 g/mol. The largest absolute Gasteiger partial charge is 0.384 e. The van der Waals surface area contributed by atoms with Crippen molar-refractivity contribution in [2.75, 3.05) is 5.73 Å². The van der Waals surface area contributed by atoms with Crippen LogP contribution in [0.5, 0.6) is 0 Å². The third-order valence-electron chi connectivity index (χ3n) is 3.02. The molecule has 1 aromatic carbocycles. The zero-order valence-corrected chi connectivity index (χ0v) is 9.78. The van der Waals surface area contributed by atoms with Gasteiger partial charge in [0, 0.05) is 11.6 Å². The Morgan fingerprint density at radius 3 is 2.44 bits per heavy atom. The molecule has 2 rings (SSSR count). The third kappa shape index (κ3) is 1.76. The first kappa shape index (κ1) is 10.6. The highest BCUT2D eigenvalue weighted by atomic mass is 14.9. The predicted molar refractivity (Wildman–Crippen MR) is 66.1 cm³/mol. The molecule has 0 saturated carbocycles. The highest BCUT2D eigenvalue weighted by Crippen LogP contribution is 2.26. The molecule has 0 radical (unpaired) electrons. The number of hydrogen-bond acceptors (Lipinski definition) is 3. The second-order valence-corrected chi connectivity index (χ2v) is 4.01. The van der Waals surface area contributed by atoms with Crippen LogP contribution in [0.15, 0.2) is 24.5 Å². The molecule has 1 heterocycles. The molecule has 0 saturated heterocycles. The van der Waals surface area contributed by atoms with Gasteiger partial charge in [-0.25, -0.2) is 9.97 Å². The molecule has 0 aliphatic heterocycles. The van der Waals surface area contributed by atoms with Gasteiger partial charge in [0.2, 0.25) is 0 Å². The van der Waals surface area contributed by atoms with Crippen LogP contribution in [-0.2, 0) is 0 Å². The minimum Gasteiger partial charge on any atom is -0.384 e. The molecule has 0 aliphatic rings. The van der Waals surface area contributed by atoms with E-state index in [9.17, 15) is 0 Å². The molecule has 3 nitrogen and oxygen atoms in total. The van der Waals surface area contributed by atoms with E-state index in [0.29, 0.717) is 5.82 Å². The Kier molecular flexibility index (Phi) is 2.60. The van der Waals surface area contributed by atoms with Crippen LogP contribution in [0.4, 0.5) is 5.82 Å². The minimum atomic E-state index is 0.502. The molecule has 2 aromatic rings. The minimum absolute atomic E-state index is 0.502. The van der Waals surface area contributed by atoms with E-state index in [4.69, 9.17) is 5.73 Å². The number of anilines is 1. The Balaban J connectivity index is 2.61. The highest BCUT2D eigenvalue weighted by Gasteiger charge is 2.07. The Labute approximate surface area is 95.4 Å². The summed E-state index contributed by atoms with van der Waals surface area (Å²) in [6, 6.07) is 5.99. The zero-order valence-electron chi connectivity index (χ0n) is 9.78. The molecule has 0 atom stereocenters. The fourth-order valence-electron chi connectivity index (χ4n) is 1.75. The van der Waals surface area contributed by atoms with Crippen LogP contribution in [0, 0.1) is 20.8 Å². The van der Waals surface area contributed by atoms with E-state index in [1.165, 1.54) is 23.0 Å². The van der Waals surface area contributed by atoms with Gasteiger partial charge in [0.05, 0.1) is 5.69 Å². The van der Waals surface area contributed by atoms with Crippen molar-refractivity contribution >= 4 is 5.82 Å². The van der Waals surface area contributed by atoms with Crippen molar-refractivity contribution in [1.29, 1.82) is 0 Å². The number of nitrogens with zero attached hydrogens (tertiary/aromatic N) is 2. The van der Waals surface area contributed by atoms with Crippen molar-refractivity contribution in [2.24, 2.45) is 0 Å². The van der Waals surface area contributed by atoms with Gasteiger partial charge in [0.1, 0.15) is 12.1 Å². The van der Waals surface area contributed by atoms with Gasteiger partial charge >= 0.3 is 0 Å². The quantitative estimate of drug-likeness (QED) is 0.792. The first-order valence-corrected chi connectivity index (χ1v) is 5.24. The lowest BCUT2D eigenvalue weighted by Gasteiger charge is -2.10. The van der Waals surface area contributed by atoms with Crippen LogP contribution in [0.2, 0.25) is 0 Å². The van der Waals surface area contributed by atoms with Crippen molar-refractivity contribution in [3.63, 3.8) is 0 Å². The maximum absolute atomic E-state index is 5.66. The normalized spacial score (nSPS) is 10.4. The van der Waals surface area contributed by atoms with Crippen LogP contribution in [0.1, 0.15) is 16.7 Å². The van der Waals surface area contributed by atoms with Gasteiger partial charge in [0.25, 0.3) is 0 Å². The van der Waals surface area contributed by atoms with E-state index in [-0.39, 0.29) is 0 Å². The topological polar surface area (TPSA) is 51.8 Å². The first-order valence-electron chi connectivity index (χ1n) is 5.24. The van der Waals surface area contributed by atoms with Gasteiger partial charge in [-0.15, -0.1) is 0 Å². The van der Waals surface area contributed by atoms with Crippen molar-refractivity contribution in [1.82, 2.24) is 9.97 Å².